The third-order valence-electron chi connectivity index (χ3n) is 4.40. The van der Waals surface area contributed by atoms with Gasteiger partial charge in [-0.25, -0.2) is 12.8 Å². The molecule has 0 aliphatic carbocycles. The number of rotatable bonds is 7. The topological polar surface area (TPSA) is 66.5 Å². The minimum atomic E-state index is -3.74. The van der Waals surface area contributed by atoms with Gasteiger partial charge in [0.1, 0.15) is 5.82 Å². The van der Waals surface area contributed by atoms with E-state index in [0.29, 0.717) is 11.3 Å². The van der Waals surface area contributed by atoms with Crippen LogP contribution in [0, 0.1) is 5.82 Å². The summed E-state index contributed by atoms with van der Waals surface area (Å²) in [6.07, 6.45) is 0. The van der Waals surface area contributed by atoms with Gasteiger partial charge in [0, 0.05) is 18.7 Å². The minimum absolute atomic E-state index is 0.110. The summed E-state index contributed by atoms with van der Waals surface area (Å²) in [5.41, 5.74) is 1.69. The summed E-state index contributed by atoms with van der Waals surface area (Å²) in [7, 11) is -3.74. The molecule has 150 valence electrons. The minimum Gasteiger partial charge on any atom is -0.348 e. The van der Waals surface area contributed by atoms with Crippen LogP contribution in [-0.2, 0) is 16.6 Å². The molecule has 3 rings (SSSR count). The molecule has 0 heterocycles. The van der Waals surface area contributed by atoms with Crippen LogP contribution in [0.5, 0.6) is 0 Å². The zero-order valence-electron chi connectivity index (χ0n) is 15.9. The highest BCUT2D eigenvalue weighted by Crippen LogP contribution is 2.23. The average Bonchev–Trinajstić information content (AvgIpc) is 2.74. The Morgan fingerprint density at radius 2 is 1.55 bits per heavy atom. The number of hydrogen-bond donors (Lipinski definition) is 1. The Bertz CT molecular complexity index is 1070. The van der Waals surface area contributed by atoms with Crippen molar-refractivity contribution in [3.63, 3.8) is 0 Å². The van der Waals surface area contributed by atoms with Crippen LogP contribution >= 0.6 is 0 Å². The molecule has 0 unspecified atom stereocenters. The standard InChI is InChI=1S/C22H21FN2O3S/c1-2-25(20-6-4-3-5-7-20)29(27,28)21-14-10-18(11-15-21)22(26)24-16-17-8-12-19(23)13-9-17/h3-15H,2,16H2,1H3,(H,24,26). The van der Waals surface area contributed by atoms with Crippen LogP contribution in [0.1, 0.15) is 22.8 Å². The second-order valence-electron chi connectivity index (χ2n) is 6.34. The van der Waals surface area contributed by atoms with E-state index in [9.17, 15) is 17.6 Å². The molecular formula is C22H21FN2O3S. The lowest BCUT2D eigenvalue weighted by molar-refractivity contribution is 0.0951. The molecular weight excluding hydrogens is 391 g/mol. The van der Waals surface area contributed by atoms with Crippen molar-refractivity contribution in [2.24, 2.45) is 0 Å². The van der Waals surface area contributed by atoms with Gasteiger partial charge in [0.05, 0.1) is 10.6 Å². The van der Waals surface area contributed by atoms with Crippen molar-refractivity contribution in [1.82, 2.24) is 5.32 Å². The first-order chi connectivity index (χ1) is 13.9. The van der Waals surface area contributed by atoms with Gasteiger partial charge in [0.2, 0.25) is 0 Å². The summed E-state index contributed by atoms with van der Waals surface area (Å²) in [5.74, 6) is -0.679. The number of carbonyl (C=O) groups excluding carboxylic acids is 1. The van der Waals surface area contributed by atoms with Crippen LogP contribution in [0.3, 0.4) is 0 Å². The Hall–Kier alpha value is -3.19. The molecule has 0 bridgehead atoms. The summed E-state index contributed by atoms with van der Waals surface area (Å²) in [5, 5.41) is 2.73. The fourth-order valence-electron chi connectivity index (χ4n) is 2.88. The maximum Gasteiger partial charge on any atom is 0.264 e. The number of carbonyl (C=O) groups is 1. The van der Waals surface area contributed by atoms with Crippen molar-refractivity contribution in [1.29, 1.82) is 0 Å². The summed E-state index contributed by atoms with van der Waals surface area (Å²) >= 11 is 0. The summed E-state index contributed by atoms with van der Waals surface area (Å²) < 4.78 is 40.2. The predicted molar refractivity (Wildman–Crippen MR) is 111 cm³/mol. The van der Waals surface area contributed by atoms with Crippen LogP contribution in [0.2, 0.25) is 0 Å². The van der Waals surface area contributed by atoms with Crippen molar-refractivity contribution in [3.05, 3.63) is 95.8 Å². The van der Waals surface area contributed by atoms with E-state index in [1.54, 1.807) is 43.3 Å². The number of hydrogen-bond acceptors (Lipinski definition) is 3. The van der Waals surface area contributed by atoms with Gasteiger partial charge >= 0.3 is 0 Å². The van der Waals surface area contributed by atoms with E-state index in [2.05, 4.69) is 5.32 Å². The van der Waals surface area contributed by atoms with Gasteiger partial charge in [-0.1, -0.05) is 30.3 Å². The highest BCUT2D eigenvalue weighted by atomic mass is 32.2. The van der Waals surface area contributed by atoms with Crippen molar-refractivity contribution in [2.45, 2.75) is 18.4 Å². The van der Waals surface area contributed by atoms with Gasteiger partial charge in [-0.05, 0) is 61.0 Å². The van der Waals surface area contributed by atoms with E-state index in [0.717, 1.165) is 5.56 Å². The number of benzene rings is 3. The molecule has 0 aromatic heterocycles. The number of anilines is 1. The third kappa shape index (κ3) is 4.81. The molecule has 0 atom stereocenters. The molecule has 3 aromatic carbocycles. The van der Waals surface area contributed by atoms with Gasteiger partial charge in [-0.2, -0.15) is 0 Å². The molecule has 0 aliphatic rings. The van der Waals surface area contributed by atoms with Gasteiger partial charge in [0.15, 0.2) is 0 Å². The van der Waals surface area contributed by atoms with Crippen LogP contribution in [0.15, 0.2) is 83.8 Å². The molecule has 29 heavy (non-hydrogen) atoms. The molecule has 0 saturated heterocycles. The number of amides is 1. The molecule has 5 nitrogen and oxygen atoms in total. The highest BCUT2D eigenvalue weighted by molar-refractivity contribution is 7.92. The molecule has 3 aromatic rings. The van der Waals surface area contributed by atoms with Crippen molar-refractivity contribution in [2.75, 3.05) is 10.8 Å². The smallest absolute Gasteiger partial charge is 0.264 e. The van der Waals surface area contributed by atoms with E-state index in [-0.39, 0.29) is 29.7 Å². The second kappa shape index (κ2) is 8.87. The average molecular weight is 412 g/mol. The van der Waals surface area contributed by atoms with E-state index in [1.807, 2.05) is 6.07 Å². The normalized spacial score (nSPS) is 11.1. The number of halogens is 1. The number of sulfonamides is 1. The third-order valence-corrected chi connectivity index (χ3v) is 6.32. The zero-order chi connectivity index (χ0) is 20.9. The Kier molecular flexibility index (Phi) is 6.29. The molecule has 0 saturated carbocycles. The van der Waals surface area contributed by atoms with Crippen LogP contribution in [-0.4, -0.2) is 20.9 Å². The van der Waals surface area contributed by atoms with Gasteiger partial charge < -0.3 is 5.32 Å². The zero-order valence-corrected chi connectivity index (χ0v) is 16.7. The van der Waals surface area contributed by atoms with Crippen LogP contribution in [0.25, 0.3) is 0 Å². The first kappa shape index (κ1) is 20.5. The molecule has 7 heteroatoms. The SMILES string of the molecule is CCN(c1ccccc1)S(=O)(=O)c1ccc(C(=O)NCc2ccc(F)cc2)cc1. The summed E-state index contributed by atoms with van der Waals surface area (Å²) in [6.45, 7) is 2.30. The van der Waals surface area contributed by atoms with E-state index < -0.39 is 10.0 Å². The molecule has 1 N–H and O–H groups in total. The maximum atomic E-state index is 13.0. The maximum absolute atomic E-state index is 13.0. The van der Waals surface area contributed by atoms with Crippen LogP contribution < -0.4 is 9.62 Å². The largest absolute Gasteiger partial charge is 0.348 e. The first-order valence-corrected chi connectivity index (χ1v) is 10.6. The van der Waals surface area contributed by atoms with Crippen molar-refractivity contribution >= 4 is 21.6 Å². The Morgan fingerprint density at radius 3 is 2.14 bits per heavy atom. The molecule has 1 amide bonds. The fraction of sp³-hybridized carbons (Fsp3) is 0.136. The van der Waals surface area contributed by atoms with Gasteiger partial charge in [0.25, 0.3) is 15.9 Å². The van der Waals surface area contributed by atoms with E-state index >= 15 is 0 Å². The lowest BCUT2D eigenvalue weighted by Gasteiger charge is -2.23. The molecule has 0 fully saturated rings. The quantitative estimate of drug-likeness (QED) is 0.639. The number of nitrogens with one attached hydrogen (secondary N) is 1. The summed E-state index contributed by atoms with van der Waals surface area (Å²) in [6, 6.07) is 20.5. The van der Waals surface area contributed by atoms with Crippen molar-refractivity contribution < 1.29 is 17.6 Å². The number of para-hydroxylation sites is 1. The lowest BCUT2D eigenvalue weighted by atomic mass is 10.2. The number of nitrogens with zero attached hydrogens (tertiary/aromatic N) is 1. The second-order valence-corrected chi connectivity index (χ2v) is 8.20. The summed E-state index contributed by atoms with van der Waals surface area (Å²) in [4.78, 5) is 12.4. The molecule has 0 spiro atoms. The first-order valence-electron chi connectivity index (χ1n) is 9.12. The predicted octanol–water partition coefficient (Wildman–Crippen LogP) is 3.97. The van der Waals surface area contributed by atoms with Crippen LogP contribution in [0.4, 0.5) is 10.1 Å². The Balaban J connectivity index is 1.73. The van der Waals surface area contributed by atoms with E-state index in [1.165, 1.54) is 40.7 Å². The van der Waals surface area contributed by atoms with Gasteiger partial charge in [-0.15, -0.1) is 0 Å². The van der Waals surface area contributed by atoms with Crippen molar-refractivity contribution in [3.8, 4) is 0 Å². The Morgan fingerprint density at radius 1 is 0.931 bits per heavy atom. The highest BCUT2D eigenvalue weighted by Gasteiger charge is 2.23. The van der Waals surface area contributed by atoms with Gasteiger partial charge in [-0.3, -0.25) is 9.10 Å². The molecule has 0 aliphatic heterocycles. The monoisotopic (exact) mass is 412 g/mol. The Labute approximate surface area is 169 Å². The molecule has 0 radical (unpaired) electrons. The van der Waals surface area contributed by atoms with E-state index in [4.69, 9.17) is 0 Å². The fourth-order valence-corrected chi connectivity index (χ4v) is 4.35. The lowest BCUT2D eigenvalue weighted by Crippen LogP contribution is -2.30.